The SMILES string of the molecule is CCOc1ccc(S(=O)(=O)N(C)c2ccccc2Br)cc1. The fourth-order valence-electron chi connectivity index (χ4n) is 1.87. The first-order valence-corrected chi connectivity index (χ1v) is 8.66. The minimum Gasteiger partial charge on any atom is -0.494 e. The Morgan fingerprint density at radius 1 is 1.10 bits per heavy atom. The lowest BCUT2D eigenvalue weighted by atomic mass is 10.3. The minimum absolute atomic E-state index is 0.226. The van der Waals surface area contributed by atoms with Crippen LogP contribution in [-0.2, 0) is 10.0 Å². The van der Waals surface area contributed by atoms with Crippen molar-refractivity contribution in [1.29, 1.82) is 0 Å². The number of nitrogens with zero attached hydrogens (tertiary/aromatic N) is 1. The Balaban J connectivity index is 2.35. The average molecular weight is 370 g/mol. The standard InChI is InChI=1S/C15H16BrNO3S/c1-3-20-12-8-10-13(11-9-12)21(18,19)17(2)15-7-5-4-6-14(15)16/h4-11H,3H2,1-2H3. The van der Waals surface area contributed by atoms with Crippen molar-refractivity contribution in [3.63, 3.8) is 0 Å². The van der Waals surface area contributed by atoms with Crippen LogP contribution in [0.5, 0.6) is 5.75 Å². The molecule has 4 nitrogen and oxygen atoms in total. The van der Waals surface area contributed by atoms with Crippen LogP contribution in [0.3, 0.4) is 0 Å². The molecule has 0 aliphatic carbocycles. The summed E-state index contributed by atoms with van der Waals surface area (Å²) in [5.74, 6) is 0.653. The third-order valence-corrected chi connectivity index (χ3v) is 5.44. The van der Waals surface area contributed by atoms with E-state index in [-0.39, 0.29) is 4.90 Å². The zero-order valence-electron chi connectivity index (χ0n) is 11.8. The summed E-state index contributed by atoms with van der Waals surface area (Å²) in [5, 5.41) is 0. The Kier molecular flexibility index (Phi) is 4.90. The van der Waals surface area contributed by atoms with Gasteiger partial charge in [0.25, 0.3) is 10.0 Å². The van der Waals surface area contributed by atoms with E-state index in [0.717, 1.165) is 4.47 Å². The molecule has 0 atom stereocenters. The normalized spacial score (nSPS) is 11.2. The second-order valence-corrected chi connectivity index (χ2v) is 7.15. The van der Waals surface area contributed by atoms with Gasteiger partial charge in [0.05, 0.1) is 17.2 Å². The number of sulfonamides is 1. The van der Waals surface area contributed by atoms with Gasteiger partial charge in [0.1, 0.15) is 5.75 Å². The fraction of sp³-hybridized carbons (Fsp3) is 0.200. The van der Waals surface area contributed by atoms with Gasteiger partial charge in [0.15, 0.2) is 0 Å². The van der Waals surface area contributed by atoms with Gasteiger partial charge in [-0.3, -0.25) is 4.31 Å². The molecule has 0 aromatic heterocycles. The lowest BCUT2D eigenvalue weighted by Gasteiger charge is -2.20. The van der Waals surface area contributed by atoms with E-state index in [4.69, 9.17) is 4.74 Å². The van der Waals surface area contributed by atoms with E-state index in [1.54, 1.807) is 42.5 Å². The maximum atomic E-state index is 12.6. The highest BCUT2D eigenvalue weighted by atomic mass is 79.9. The molecule has 0 aliphatic rings. The number of hydrogen-bond donors (Lipinski definition) is 0. The molecular weight excluding hydrogens is 354 g/mol. The Labute approximate surface area is 133 Å². The highest BCUT2D eigenvalue weighted by Crippen LogP contribution is 2.29. The molecule has 2 rings (SSSR count). The van der Waals surface area contributed by atoms with Gasteiger partial charge in [-0.05, 0) is 59.3 Å². The second-order valence-electron chi connectivity index (χ2n) is 4.33. The van der Waals surface area contributed by atoms with Crippen LogP contribution in [0.2, 0.25) is 0 Å². The summed E-state index contributed by atoms with van der Waals surface area (Å²) in [6, 6.07) is 13.6. The summed E-state index contributed by atoms with van der Waals surface area (Å²) < 4.78 is 32.5. The summed E-state index contributed by atoms with van der Waals surface area (Å²) >= 11 is 3.37. The van der Waals surface area contributed by atoms with Crippen LogP contribution in [0.15, 0.2) is 57.9 Å². The molecule has 21 heavy (non-hydrogen) atoms. The van der Waals surface area contributed by atoms with Gasteiger partial charge < -0.3 is 4.74 Å². The maximum absolute atomic E-state index is 12.6. The van der Waals surface area contributed by atoms with Crippen LogP contribution in [0, 0.1) is 0 Å². The third kappa shape index (κ3) is 3.39. The summed E-state index contributed by atoms with van der Waals surface area (Å²) in [6.07, 6.45) is 0. The Bertz CT molecular complexity index is 714. The van der Waals surface area contributed by atoms with Gasteiger partial charge in [-0.15, -0.1) is 0 Å². The van der Waals surface area contributed by atoms with Gasteiger partial charge in [-0.25, -0.2) is 8.42 Å². The maximum Gasteiger partial charge on any atom is 0.264 e. The van der Waals surface area contributed by atoms with E-state index in [2.05, 4.69) is 15.9 Å². The van der Waals surface area contributed by atoms with Gasteiger partial charge in [-0.1, -0.05) is 12.1 Å². The lowest BCUT2D eigenvalue weighted by Crippen LogP contribution is -2.26. The van der Waals surface area contributed by atoms with E-state index in [1.807, 2.05) is 13.0 Å². The molecule has 0 unspecified atom stereocenters. The Morgan fingerprint density at radius 3 is 2.29 bits per heavy atom. The van der Waals surface area contributed by atoms with Crippen molar-refractivity contribution < 1.29 is 13.2 Å². The number of ether oxygens (including phenoxy) is 1. The van der Waals surface area contributed by atoms with Crippen LogP contribution in [0.4, 0.5) is 5.69 Å². The molecule has 0 radical (unpaired) electrons. The number of hydrogen-bond acceptors (Lipinski definition) is 3. The van der Waals surface area contributed by atoms with Crippen molar-refractivity contribution >= 4 is 31.6 Å². The van der Waals surface area contributed by atoms with E-state index < -0.39 is 10.0 Å². The summed E-state index contributed by atoms with van der Waals surface area (Å²) in [4.78, 5) is 0.226. The quantitative estimate of drug-likeness (QED) is 0.807. The second kappa shape index (κ2) is 6.49. The molecule has 0 fully saturated rings. The zero-order chi connectivity index (χ0) is 15.5. The van der Waals surface area contributed by atoms with Crippen molar-refractivity contribution in [3.8, 4) is 5.75 Å². The molecule has 6 heteroatoms. The number of benzene rings is 2. The van der Waals surface area contributed by atoms with Crippen LogP contribution in [0.1, 0.15) is 6.92 Å². The molecular formula is C15H16BrNO3S. The number of anilines is 1. The molecule has 2 aromatic rings. The lowest BCUT2D eigenvalue weighted by molar-refractivity contribution is 0.340. The molecule has 0 amide bonds. The summed E-state index contributed by atoms with van der Waals surface area (Å²) in [6.45, 7) is 2.42. The van der Waals surface area contributed by atoms with E-state index >= 15 is 0 Å². The topological polar surface area (TPSA) is 46.6 Å². The fourth-order valence-corrected chi connectivity index (χ4v) is 3.75. The molecule has 0 aliphatic heterocycles. The molecule has 112 valence electrons. The van der Waals surface area contributed by atoms with Gasteiger partial charge in [0, 0.05) is 11.5 Å². The van der Waals surface area contributed by atoms with Crippen molar-refractivity contribution in [2.45, 2.75) is 11.8 Å². The first kappa shape index (κ1) is 15.9. The van der Waals surface area contributed by atoms with Crippen LogP contribution in [0.25, 0.3) is 0 Å². The van der Waals surface area contributed by atoms with Gasteiger partial charge >= 0.3 is 0 Å². The molecule has 0 saturated heterocycles. The van der Waals surface area contributed by atoms with Crippen molar-refractivity contribution in [2.24, 2.45) is 0 Å². The van der Waals surface area contributed by atoms with Crippen molar-refractivity contribution in [2.75, 3.05) is 18.0 Å². The van der Waals surface area contributed by atoms with Crippen molar-refractivity contribution in [1.82, 2.24) is 0 Å². The summed E-state index contributed by atoms with van der Waals surface area (Å²) in [5.41, 5.74) is 0.589. The van der Waals surface area contributed by atoms with Crippen LogP contribution >= 0.6 is 15.9 Å². The monoisotopic (exact) mass is 369 g/mol. The number of halogens is 1. The highest BCUT2D eigenvalue weighted by Gasteiger charge is 2.22. The van der Waals surface area contributed by atoms with E-state index in [0.29, 0.717) is 18.0 Å². The van der Waals surface area contributed by atoms with Crippen molar-refractivity contribution in [3.05, 3.63) is 53.0 Å². The first-order chi connectivity index (χ1) is 9.96. The average Bonchev–Trinajstić information content (AvgIpc) is 2.48. The van der Waals surface area contributed by atoms with E-state index in [1.165, 1.54) is 11.4 Å². The molecule has 0 N–H and O–H groups in total. The minimum atomic E-state index is -3.60. The first-order valence-electron chi connectivity index (χ1n) is 6.43. The smallest absolute Gasteiger partial charge is 0.264 e. The molecule has 0 heterocycles. The predicted molar refractivity (Wildman–Crippen MR) is 87.3 cm³/mol. The van der Waals surface area contributed by atoms with Gasteiger partial charge in [-0.2, -0.15) is 0 Å². The molecule has 0 spiro atoms. The molecule has 2 aromatic carbocycles. The number of para-hydroxylation sites is 1. The highest BCUT2D eigenvalue weighted by molar-refractivity contribution is 9.10. The van der Waals surface area contributed by atoms with E-state index in [9.17, 15) is 8.42 Å². The Hall–Kier alpha value is -1.53. The Morgan fingerprint density at radius 2 is 1.71 bits per heavy atom. The van der Waals surface area contributed by atoms with Gasteiger partial charge in [0.2, 0.25) is 0 Å². The molecule has 0 bridgehead atoms. The largest absolute Gasteiger partial charge is 0.494 e. The summed E-state index contributed by atoms with van der Waals surface area (Å²) in [7, 11) is -2.06. The zero-order valence-corrected chi connectivity index (χ0v) is 14.2. The third-order valence-electron chi connectivity index (χ3n) is 2.98. The van der Waals surface area contributed by atoms with Crippen LogP contribution < -0.4 is 9.04 Å². The molecule has 0 saturated carbocycles. The predicted octanol–water partition coefficient (Wildman–Crippen LogP) is 3.67. The van der Waals surface area contributed by atoms with Crippen LogP contribution in [-0.4, -0.2) is 22.1 Å². The number of rotatable bonds is 5.